The van der Waals surface area contributed by atoms with Crippen molar-refractivity contribution in [3.05, 3.63) is 0 Å². The van der Waals surface area contributed by atoms with E-state index < -0.39 is 5.54 Å². The second-order valence-corrected chi connectivity index (χ2v) is 6.55. The molecule has 0 radical (unpaired) electrons. The van der Waals surface area contributed by atoms with Crippen molar-refractivity contribution in [1.82, 2.24) is 5.32 Å². The van der Waals surface area contributed by atoms with Crippen LogP contribution in [0.4, 0.5) is 0 Å². The molecular formula is C17H31NO3. The van der Waals surface area contributed by atoms with Gasteiger partial charge < -0.3 is 9.47 Å². The van der Waals surface area contributed by atoms with Gasteiger partial charge in [-0.3, -0.25) is 10.1 Å². The van der Waals surface area contributed by atoms with Crippen molar-refractivity contribution >= 4 is 5.97 Å². The number of ether oxygens (including phenoxy) is 2. The minimum Gasteiger partial charge on any atom is -0.465 e. The van der Waals surface area contributed by atoms with Crippen molar-refractivity contribution in [2.75, 3.05) is 19.8 Å². The largest absolute Gasteiger partial charge is 0.465 e. The summed E-state index contributed by atoms with van der Waals surface area (Å²) in [4.78, 5) is 12.5. The summed E-state index contributed by atoms with van der Waals surface area (Å²) in [5.41, 5.74) is -0.466. The quantitative estimate of drug-likeness (QED) is 0.734. The third-order valence-electron chi connectivity index (χ3n) is 5.01. The highest BCUT2D eigenvalue weighted by atomic mass is 16.5. The Bertz CT molecular complexity index is 318. The molecule has 1 unspecified atom stereocenters. The smallest absolute Gasteiger partial charge is 0.326 e. The summed E-state index contributed by atoms with van der Waals surface area (Å²) in [6.45, 7) is 6.21. The van der Waals surface area contributed by atoms with Gasteiger partial charge in [-0.25, -0.2) is 0 Å². The zero-order chi connectivity index (χ0) is 15.1. The molecule has 1 heterocycles. The summed E-state index contributed by atoms with van der Waals surface area (Å²) in [6.07, 6.45) is 9.10. The highest BCUT2D eigenvalue weighted by Crippen LogP contribution is 2.35. The first kappa shape index (κ1) is 16.8. The number of carbonyl (C=O) groups is 1. The van der Waals surface area contributed by atoms with Crippen LogP contribution < -0.4 is 5.32 Å². The first-order chi connectivity index (χ1) is 10.2. The first-order valence-electron chi connectivity index (χ1n) is 8.74. The Morgan fingerprint density at radius 1 is 1.29 bits per heavy atom. The molecule has 0 amide bonds. The van der Waals surface area contributed by atoms with Crippen molar-refractivity contribution in [2.45, 2.75) is 76.9 Å². The molecule has 2 aliphatic rings. The fourth-order valence-electron chi connectivity index (χ4n) is 3.70. The van der Waals surface area contributed by atoms with Crippen molar-refractivity contribution in [2.24, 2.45) is 5.92 Å². The molecule has 122 valence electrons. The molecule has 21 heavy (non-hydrogen) atoms. The zero-order valence-corrected chi connectivity index (χ0v) is 13.7. The molecule has 1 aliphatic carbocycles. The van der Waals surface area contributed by atoms with E-state index in [2.05, 4.69) is 12.2 Å². The number of esters is 1. The highest BCUT2D eigenvalue weighted by Gasteiger charge is 2.43. The number of nitrogens with one attached hydrogen (secondary N) is 1. The summed E-state index contributed by atoms with van der Waals surface area (Å²) in [5.74, 6) is 0.722. The fraction of sp³-hybridized carbons (Fsp3) is 0.941. The lowest BCUT2D eigenvalue weighted by Gasteiger charge is -2.39. The van der Waals surface area contributed by atoms with E-state index >= 15 is 0 Å². The van der Waals surface area contributed by atoms with Crippen molar-refractivity contribution in [3.63, 3.8) is 0 Å². The van der Waals surface area contributed by atoms with Gasteiger partial charge in [-0.15, -0.1) is 0 Å². The second-order valence-electron chi connectivity index (χ2n) is 6.55. The molecule has 0 aromatic rings. The normalized spacial score (nSPS) is 33.0. The molecule has 0 aromatic heterocycles. The Kier molecular flexibility index (Phi) is 6.49. The lowest BCUT2D eigenvalue weighted by Crippen LogP contribution is -2.56. The molecule has 4 nitrogen and oxygen atoms in total. The Morgan fingerprint density at radius 2 is 2.05 bits per heavy atom. The maximum absolute atomic E-state index is 12.5. The summed E-state index contributed by atoms with van der Waals surface area (Å²) < 4.78 is 11.0. The lowest BCUT2D eigenvalue weighted by molar-refractivity contribution is -0.153. The molecule has 1 aliphatic heterocycles. The van der Waals surface area contributed by atoms with Gasteiger partial charge in [0.15, 0.2) is 0 Å². The van der Waals surface area contributed by atoms with Crippen molar-refractivity contribution in [3.8, 4) is 0 Å². The lowest BCUT2D eigenvalue weighted by atomic mass is 9.75. The molecule has 1 saturated heterocycles. The molecule has 0 bridgehead atoms. The van der Waals surface area contributed by atoms with Crippen LogP contribution in [0, 0.1) is 5.92 Å². The standard InChI is InChI=1S/C17H31NO3/c1-3-6-14-8-10-17(11-9-14,16(19)20-4-2)18-13-15-7-5-12-21-15/h14-15,18H,3-13H2,1-2H3. The SMILES string of the molecule is CCCC1CCC(NCC2CCCO2)(C(=O)OCC)CC1. The molecule has 4 heteroatoms. The van der Waals surface area contributed by atoms with Crippen molar-refractivity contribution in [1.29, 1.82) is 0 Å². The van der Waals surface area contributed by atoms with Crippen LogP contribution in [-0.2, 0) is 14.3 Å². The fourth-order valence-corrected chi connectivity index (χ4v) is 3.70. The minimum atomic E-state index is -0.466. The van der Waals surface area contributed by atoms with Gasteiger partial charge in [-0.2, -0.15) is 0 Å². The van der Waals surface area contributed by atoms with E-state index in [-0.39, 0.29) is 12.1 Å². The molecule has 1 saturated carbocycles. The molecule has 2 fully saturated rings. The molecule has 1 atom stereocenters. The maximum Gasteiger partial charge on any atom is 0.326 e. The average Bonchev–Trinajstić information content (AvgIpc) is 3.01. The van der Waals surface area contributed by atoms with Gasteiger partial charge >= 0.3 is 5.97 Å². The van der Waals surface area contributed by atoms with E-state index in [1.54, 1.807) is 0 Å². The van der Waals surface area contributed by atoms with E-state index in [9.17, 15) is 4.79 Å². The number of hydrogen-bond acceptors (Lipinski definition) is 4. The summed E-state index contributed by atoms with van der Waals surface area (Å²) in [5, 5.41) is 3.52. The second kappa shape index (κ2) is 8.14. The van der Waals surface area contributed by atoms with Gasteiger partial charge in [0, 0.05) is 13.2 Å². The Morgan fingerprint density at radius 3 is 2.62 bits per heavy atom. The van der Waals surface area contributed by atoms with Crippen LogP contribution in [-0.4, -0.2) is 37.4 Å². The molecule has 1 N–H and O–H groups in total. The average molecular weight is 297 g/mol. The van der Waals surface area contributed by atoms with Gasteiger partial charge in [-0.05, 0) is 51.4 Å². The summed E-state index contributed by atoms with van der Waals surface area (Å²) >= 11 is 0. The van der Waals surface area contributed by atoms with Gasteiger partial charge in [0.1, 0.15) is 5.54 Å². The molecular weight excluding hydrogens is 266 g/mol. The van der Waals surface area contributed by atoms with Gasteiger partial charge in [0.25, 0.3) is 0 Å². The minimum absolute atomic E-state index is 0.0575. The molecule has 0 spiro atoms. The molecule has 2 rings (SSSR count). The Labute approximate surface area is 129 Å². The van der Waals surface area contributed by atoms with E-state index in [4.69, 9.17) is 9.47 Å². The highest BCUT2D eigenvalue weighted by molar-refractivity contribution is 5.81. The van der Waals surface area contributed by atoms with E-state index in [0.717, 1.165) is 57.6 Å². The van der Waals surface area contributed by atoms with Crippen LogP contribution in [0.2, 0.25) is 0 Å². The third kappa shape index (κ3) is 4.43. The number of hydrogen-bond donors (Lipinski definition) is 1. The van der Waals surface area contributed by atoms with Crippen molar-refractivity contribution < 1.29 is 14.3 Å². The van der Waals surface area contributed by atoms with Crippen LogP contribution in [0.5, 0.6) is 0 Å². The Balaban J connectivity index is 1.92. The van der Waals surface area contributed by atoms with Gasteiger partial charge in [0.05, 0.1) is 12.7 Å². The molecule has 0 aromatic carbocycles. The number of carbonyl (C=O) groups excluding carboxylic acids is 1. The maximum atomic E-state index is 12.5. The third-order valence-corrected chi connectivity index (χ3v) is 5.01. The van der Waals surface area contributed by atoms with E-state index in [0.29, 0.717) is 6.61 Å². The predicted octanol–water partition coefficient (Wildman–Crippen LogP) is 3.05. The van der Waals surface area contributed by atoms with Crippen LogP contribution in [0.1, 0.15) is 65.2 Å². The van der Waals surface area contributed by atoms with E-state index in [1.165, 1.54) is 12.8 Å². The van der Waals surface area contributed by atoms with E-state index in [1.807, 2.05) is 6.92 Å². The van der Waals surface area contributed by atoms with Crippen LogP contribution in [0.3, 0.4) is 0 Å². The first-order valence-corrected chi connectivity index (χ1v) is 8.74. The monoisotopic (exact) mass is 297 g/mol. The Hall–Kier alpha value is -0.610. The topological polar surface area (TPSA) is 47.6 Å². The number of rotatable bonds is 7. The predicted molar refractivity (Wildman–Crippen MR) is 83.2 cm³/mol. The van der Waals surface area contributed by atoms with Gasteiger partial charge in [-0.1, -0.05) is 19.8 Å². The van der Waals surface area contributed by atoms with Crippen LogP contribution in [0.25, 0.3) is 0 Å². The van der Waals surface area contributed by atoms with Gasteiger partial charge in [0.2, 0.25) is 0 Å². The van der Waals surface area contributed by atoms with Crippen LogP contribution >= 0.6 is 0 Å². The van der Waals surface area contributed by atoms with Crippen LogP contribution in [0.15, 0.2) is 0 Å². The zero-order valence-electron chi connectivity index (χ0n) is 13.7. The summed E-state index contributed by atoms with van der Waals surface area (Å²) in [7, 11) is 0. The summed E-state index contributed by atoms with van der Waals surface area (Å²) in [6, 6.07) is 0.